The lowest BCUT2D eigenvalue weighted by molar-refractivity contribution is 0.578. The molecule has 0 radical (unpaired) electrons. The molecule has 4 heteroatoms. The van der Waals surface area contributed by atoms with Crippen LogP contribution in [0.5, 0.6) is 0 Å². The second-order valence-electron chi connectivity index (χ2n) is 8.96. The number of hydrogen-bond acceptors (Lipinski definition) is 4. The molecular weight excluding hydrogens is 404 g/mol. The highest BCUT2D eigenvalue weighted by atomic mass is 15.1. The maximum atomic E-state index is 4.70. The molecule has 1 aliphatic rings. The van der Waals surface area contributed by atoms with Gasteiger partial charge in [0, 0.05) is 41.8 Å². The first-order chi connectivity index (χ1) is 16.2. The topological polar surface area (TPSA) is 41.9 Å². The molecule has 5 rings (SSSR count). The monoisotopic (exact) mass is 434 g/mol. The number of aromatic nitrogens is 3. The summed E-state index contributed by atoms with van der Waals surface area (Å²) in [5.74, 6) is 0.0324. The van der Waals surface area contributed by atoms with Gasteiger partial charge in [0.2, 0.25) is 0 Å². The third kappa shape index (κ3) is 4.13. The van der Waals surface area contributed by atoms with E-state index in [1.165, 1.54) is 41.6 Å². The lowest BCUT2D eigenvalue weighted by Gasteiger charge is -2.29. The first-order valence-corrected chi connectivity index (χ1v) is 11.8. The summed E-state index contributed by atoms with van der Waals surface area (Å²) in [6.45, 7) is 10.6. The Morgan fingerprint density at radius 1 is 0.909 bits per heavy atom. The Labute approximate surface area is 196 Å². The number of benzene rings is 2. The highest BCUT2D eigenvalue weighted by Gasteiger charge is 2.18. The molecule has 3 heterocycles. The Hall–Kier alpha value is -3.53. The van der Waals surface area contributed by atoms with Crippen molar-refractivity contribution >= 4 is 16.6 Å². The van der Waals surface area contributed by atoms with Crippen LogP contribution in [0.2, 0.25) is 0 Å². The van der Waals surface area contributed by atoms with Gasteiger partial charge in [-0.05, 0) is 80.1 Å². The van der Waals surface area contributed by atoms with E-state index in [0.29, 0.717) is 0 Å². The van der Waals surface area contributed by atoms with Gasteiger partial charge in [0.15, 0.2) is 0 Å². The van der Waals surface area contributed by atoms with Gasteiger partial charge in [-0.25, -0.2) is 9.97 Å². The zero-order valence-corrected chi connectivity index (χ0v) is 19.5. The number of aryl methyl sites for hydroxylation is 2. The van der Waals surface area contributed by atoms with Crippen molar-refractivity contribution in [3.05, 3.63) is 96.1 Å². The molecule has 2 aromatic heterocycles. The molecule has 0 aliphatic carbocycles. The SMILES string of the molecule is C=CC(c1cc(-c2ncnc3cc(N4CCCCC4)ccc23)ccc1C)c1ncccc1C. The summed E-state index contributed by atoms with van der Waals surface area (Å²) in [6, 6.07) is 17.3. The molecule has 2 aromatic carbocycles. The highest BCUT2D eigenvalue weighted by molar-refractivity contribution is 5.94. The van der Waals surface area contributed by atoms with E-state index in [1.807, 2.05) is 18.3 Å². The van der Waals surface area contributed by atoms with E-state index >= 15 is 0 Å². The Morgan fingerprint density at radius 3 is 2.55 bits per heavy atom. The van der Waals surface area contributed by atoms with Gasteiger partial charge >= 0.3 is 0 Å². The van der Waals surface area contributed by atoms with Gasteiger partial charge < -0.3 is 4.90 Å². The van der Waals surface area contributed by atoms with Crippen LogP contribution >= 0.6 is 0 Å². The molecule has 1 fully saturated rings. The summed E-state index contributed by atoms with van der Waals surface area (Å²) in [4.78, 5) is 16.5. The summed E-state index contributed by atoms with van der Waals surface area (Å²) in [6.07, 6.45) is 9.39. The number of pyridine rings is 1. The number of nitrogens with zero attached hydrogens (tertiary/aromatic N) is 4. The van der Waals surface area contributed by atoms with Crippen molar-refractivity contribution in [3.8, 4) is 11.3 Å². The third-order valence-corrected chi connectivity index (χ3v) is 6.81. The maximum absolute atomic E-state index is 4.70. The van der Waals surface area contributed by atoms with Crippen molar-refractivity contribution in [2.24, 2.45) is 0 Å². The van der Waals surface area contributed by atoms with Gasteiger partial charge in [-0.15, -0.1) is 6.58 Å². The van der Waals surface area contributed by atoms with Gasteiger partial charge in [-0.1, -0.05) is 24.3 Å². The fourth-order valence-electron chi connectivity index (χ4n) is 4.96. The number of piperidine rings is 1. The molecule has 1 unspecified atom stereocenters. The predicted octanol–water partition coefficient (Wildman–Crippen LogP) is 6.62. The molecule has 1 aliphatic heterocycles. The molecule has 0 spiro atoms. The summed E-state index contributed by atoms with van der Waals surface area (Å²) in [7, 11) is 0. The summed E-state index contributed by atoms with van der Waals surface area (Å²) in [5.41, 5.74) is 8.96. The first kappa shape index (κ1) is 21.3. The average molecular weight is 435 g/mol. The van der Waals surface area contributed by atoms with Crippen molar-refractivity contribution < 1.29 is 0 Å². The number of hydrogen-bond donors (Lipinski definition) is 0. The van der Waals surface area contributed by atoms with Crippen LogP contribution in [0.15, 0.2) is 73.7 Å². The van der Waals surface area contributed by atoms with Crippen molar-refractivity contribution in [3.63, 3.8) is 0 Å². The van der Waals surface area contributed by atoms with Crippen LogP contribution < -0.4 is 4.90 Å². The minimum absolute atomic E-state index is 0.0324. The molecule has 1 saturated heterocycles. The van der Waals surface area contributed by atoms with E-state index in [-0.39, 0.29) is 5.92 Å². The fourth-order valence-corrected chi connectivity index (χ4v) is 4.96. The van der Waals surface area contributed by atoms with E-state index in [1.54, 1.807) is 6.33 Å². The van der Waals surface area contributed by atoms with Crippen molar-refractivity contribution in [1.29, 1.82) is 0 Å². The van der Waals surface area contributed by atoms with E-state index < -0.39 is 0 Å². The Balaban J connectivity index is 1.57. The van der Waals surface area contributed by atoms with Crippen LogP contribution in [-0.2, 0) is 0 Å². The summed E-state index contributed by atoms with van der Waals surface area (Å²) < 4.78 is 0. The standard InChI is InChI=1S/C29H30N4/c1-4-24(28-21(3)9-8-14-30-28)26-17-22(11-10-20(26)2)29-25-13-12-23(18-27(25)31-19-32-29)33-15-6-5-7-16-33/h4,8-14,17-19,24H,1,5-7,15-16H2,2-3H3. The van der Waals surface area contributed by atoms with Crippen LogP contribution in [0, 0.1) is 13.8 Å². The Bertz CT molecular complexity index is 1300. The van der Waals surface area contributed by atoms with E-state index in [0.717, 1.165) is 40.9 Å². The largest absolute Gasteiger partial charge is 0.371 e. The smallest absolute Gasteiger partial charge is 0.116 e. The van der Waals surface area contributed by atoms with Crippen molar-refractivity contribution in [2.75, 3.05) is 18.0 Å². The van der Waals surface area contributed by atoms with E-state index in [9.17, 15) is 0 Å². The minimum Gasteiger partial charge on any atom is -0.371 e. The maximum Gasteiger partial charge on any atom is 0.116 e. The summed E-state index contributed by atoms with van der Waals surface area (Å²) >= 11 is 0. The molecule has 166 valence electrons. The van der Waals surface area contributed by atoms with Crippen molar-refractivity contribution in [2.45, 2.75) is 39.0 Å². The zero-order valence-electron chi connectivity index (χ0n) is 19.5. The highest BCUT2D eigenvalue weighted by Crippen LogP contribution is 2.34. The second-order valence-corrected chi connectivity index (χ2v) is 8.96. The van der Waals surface area contributed by atoms with Crippen LogP contribution in [0.3, 0.4) is 0 Å². The minimum atomic E-state index is 0.0324. The molecule has 0 amide bonds. The van der Waals surface area contributed by atoms with Crippen LogP contribution in [0.4, 0.5) is 5.69 Å². The Kier molecular flexibility index (Phi) is 5.91. The number of fused-ring (bicyclic) bond motifs is 1. The normalized spacial score (nSPS) is 14.9. The van der Waals surface area contributed by atoms with Gasteiger partial charge in [0.25, 0.3) is 0 Å². The molecule has 1 atom stereocenters. The molecule has 0 bridgehead atoms. The van der Waals surface area contributed by atoms with Gasteiger partial charge in [0.05, 0.1) is 16.9 Å². The number of allylic oxidation sites excluding steroid dienone is 1. The lowest BCUT2D eigenvalue weighted by atomic mass is 9.88. The predicted molar refractivity (Wildman–Crippen MR) is 137 cm³/mol. The van der Waals surface area contributed by atoms with Gasteiger partial charge in [-0.2, -0.15) is 0 Å². The molecule has 33 heavy (non-hydrogen) atoms. The molecular formula is C29H30N4. The molecule has 0 N–H and O–H groups in total. The lowest BCUT2D eigenvalue weighted by Crippen LogP contribution is -2.29. The average Bonchev–Trinajstić information content (AvgIpc) is 2.86. The van der Waals surface area contributed by atoms with Crippen LogP contribution in [-0.4, -0.2) is 28.0 Å². The number of anilines is 1. The summed E-state index contributed by atoms with van der Waals surface area (Å²) in [5, 5.41) is 1.08. The second kappa shape index (κ2) is 9.14. The van der Waals surface area contributed by atoms with Crippen molar-refractivity contribution in [1.82, 2.24) is 15.0 Å². The zero-order chi connectivity index (χ0) is 22.8. The van der Waals surface area contributed by atoms with E-state index in [4.69, 9.17) is 4.98 Å². The molecule has 4 nitrogen and oxygen atoms in total. The van der Waals surface area contributed by atoms with Crippen LogP contribution in [0.1, 0.15) is 47.6 Å². The van der Waals surface area contributed by atoms with Crippen LogP contribution in [0.25, 0.3) is 22.2 Å². The van der Waals surface area contributed by atoms with E-state index in [2.05, 4.69) is 77.8 Å². The molecule has 4 aromatic rings. The molecule has 0 saturated carbocycles. The third-order valence-electron chi connectivity index (χ3n) is 6.81. The van der Waals surface area contributed by atoms with Gasteiger partial charge in [-0.3, -0.25) is 4.98 Å². The number of rotatable bonds is 5. The quantitative estimate of drug-likeness (QED) is 0.331. The Morgan fingerprint density at radius 2 is 1.76 bits per heavy atom. The first-order valence-electron chi connectivity index (χ1n) is 11.8. The fraction of sp³-hybridized carbons (Fsp3) is 0.276. The van der Waals surface area contributed by atoms with Gasteiger partial charge in [0.1, 0.15) is 6.33 Å².